The lowest BCUT2D eigenvalue weighted by atomic mass is 10.0. The molecule has 3 rings (SSSR count). The van der Waals surface area contributed by atoms with Gasteiger partial charge in [-0.15, -0.1) is 0 Å². The third kappa shape index (κ3) is 3.49. The van der Waals surface area contributed by atoms with E-state index in [2.05, 4.69) is 5.32 Å². The molecule has 1 aromatic rings. The zero-order chi connectivity index (χ0) is 17.1. The Kier molecular flexibility index (Phi) is 5.26. The lowest BCUT2D eigenvalue weighted by molar-refractivity contribution is -0.135. The van der Waals surface area contributed by atoms with Crippen LogP contribution >= 0.6 is 11.6 Å². The van der Waals surface area contributed by atoms with Crippen molar-refractivity contribution in [2.45, 2.75) is 18.9 Å². The minimum atomic E-state index is -0.0957. The molecule has 0 spiro atoms. The summed E-state index contributed by atoms with van der Waals surface area (Å²) in [7, 11) is 1.54. The van der Waals surface area contributed by atoms with Gasteiger partial charge in [0.15, 0.2) is 0 Å². The normalized spacial score (nSPS) is 21.8. The molecular weight excluding hydrogens is 330 g/mol. The van der Waals surface area contributed by atoms with Crippen molar-refractivity contribution in [3.05, 3.63) is 28.8 Å². The fraction of sp³-hybridized carbons (Fsp3) is 0.529. The summed E-state index contributed by atoms with van der Waals surface area (Å²) in [4.78, 5) is 28.7. The molecule has 0 aromatic heterocycles. The Balaban J connectivity index is 1.76. The second kappa shape index (κ2) is 7.40. The van der Waals surface area contributed by atoms with E-state index in [0.717, 1.165) is 19.4 Å². The van der Waals surface area contributed by atoms with Crippen LogP contribution in [0.3, 0.4) is 0 Å². The highest BCUT2D eigenvalue weighted by molar-refractivity contribution is 6.31. The van der Waals surface area contributed by atoms with Crippen LogP contribution in [0.5, 0.6) is 5.75 Å². The van der Waals surface area contributed by atoms with Crippen molar-refractivity contribution in [3.8, 4) is 5.75 Å². The summed E-state index contributed by atoms with van der Waals surface area (Å²) in [6, 6.07) is 5.14. The van der Waals surface area contributed by atoms with Crippen LogP contribution in [-0.4, -0.2) is 67.5 Å². The van der Waals surface area contributed by atoms with Crippen molar-refractivity contribution in [1.29, 1.82) is 0 Å². The number of carbonyl (C=O) groups is 2. The summed E-state index contributed by atoms with van der Waals surface area (Å²) in [5.74, 6) is 0.535. The highest BCUT2D eigenvalue weighted by Gasteiger charge is 2.32. The predicted molar refractivity (Wildman–Crippen MR) is 91.5 cm³/mol. The van der Waals surface area contributed by atoms with Gasteiger partial charge in [0.2, 0.25) is 5.91 Å². The third-order valence-electron chi connectivity index (χ3n) is 4.64. The number of nitrogens with zero attached hydrogens (tertiary/aromatic N) is 2. The number of methoxy groups -OCH3 is 1. The van der Waals surface area contributed by atoms with Gasteiger partial charge in [-0.2, -0.15) is 0 Å². The number of hydrogen-bond donors (Lipinski definition) is 1. The van der Waals surface area contributed by atoms with E-state index in [4.69, 9.17) is 16.3 Å². The quantitative estimate of drug-likeness (QED) is 0.893. The molecule has 1 aromatic carbocycles. The second-order valence-corrected chi connectivity index (χ2v) is 6.59. The molecule has 2 aliphatic heterocycles. The first-order valence-electron chi connectivity index (χ1n) is 8.23. The van der Waals surface area contributed by atoms with E-state index in [0.29, 0.717) is 42.5 Å². The van der Waals surface area contributed by atoms with Crippen LogP contribution in [0.4, 0.5) is 0 Å². The molecule has 7 heteroatoms. The van der Waals surface area contributed by atoms with E-state index in [1.807, 2.05) is 4.90 Å². The molecule has 0 saturated carbocycles. The van der Waals surface area contributed by atoms with Gasteiger partial charge in [0.05, 0.1) is 19.2 Å². The minimum Gasteiger partial charge on any atom is -0.496 e. The maximum Gasteiger partial charge on any atom is 0.257 e. The van der Waals surface area contributed by atoms with Gasteiger partial charge in [0.1, 0.15) is 5.75 Å². The number of piperazine rings is 1. The summed E-state index contributed by atoms with van der Waals surface area (Å²) in [5.41, 5.74) is 0.470. The average molecular weight is 352 g/mol. The second-order valence-electron chi connectivity index (χ2n) is 6.16. The van der Waals surface area contributed by atoms with Gasteiger partial charge >= 0.3 is 0 Å². The zero-order valence-electron chi connectivity index (χ0n) is 13.8. The average Bonchev–Trinajstić information content (AvgIpc) is 2.61. The van der Waals surface area contributed by atoms with E-state index < -0.39 is 0 Å². The Bertz CT molecular complexity index is 638. The number of piperidine rings is 1. The van der Waals surface area contributed by atoms with Gasteiger partial charge in [0.25, 0.3) is 5.91 Å². The number of carbonyl (C=O) groups excluding carboxylic acids is 2. The smallest absolute Gasteiger partial charge is 0.257 e. The minimum absolute atomic E-state index is 0.0856. The van der Waals surface area contributed by atoms with Crippen LogP contribution in [0.2, 0.25) is 5.02 Å². The lowest BCUT2D eigenvalue weighted by Crippen LogP contribution is -2.57. The first-order valence-corrected chi connectivity index (χ1v) is 8.61. The Morgan fingerprint density at radius 2 is 2.21 bits per heavy atom. The van der Waals surface area contributed by atoms with E-state index in [9.17, 15) is 9.59 Å². The third-order valence-corrected chi connectivity index (χ3v) is 4.88. The van der Waals surface area contributed by atoms with Gasteiger partial charge < -0.3 is 19.9 Å². The maximum absolute atomic E-state index is 12.9. The van der Waals surface area contributed by atoms with Crippen molar-refractivity contribution in [2.75, 3.05) is 39.8 Å². The molecule has 2 fully saturated rings. The van der Waals surface area contributed by atoms with Crippen LogP contribution < -0.4 is 10.1 Å². The SMILES string of the molecule is COc1ccc(Cl)cc1C(=O)N1CCCC(N2CCNCC2=O)C1. The molecule has 2 amide bonds. The maximum atomic E-state index is 12.9. The van der Waals surface area contributed by atoms with Crippen LogP contribution in [0, 0.1) is 0 Å². The van der Waals surface area contributed by atoms with Crippen molar-refractivity contribution >= 4 is 23.4 Å². The molecule has 1 N–H and O–H groups in total. The number of benzene rings is 1. The highest BCUT2D eigenvalue weighted by Crippen LogP contribution is 2.26. The summed E-state index contributed by atoms with van der Waals surface area (Å²) in [5, 5.41) is 3.59. The number of nitrogens with one attached hydrogen (secondary N) is 1. The summed E-state index contributed by atoms with van der Waals surface area (Å²) in [6.07, 6.45) is 1.82. The van der Waals surface area contributed by atoms with Crippen LogP contribution in [-0.2, 0) is 4.79 Å². The molecule has 0 radical (unpaired) electrons. The Labute approximate surface area is 146 Å². The number of likely N-dealkylation sites (tertiary alicyclic amines) is 1. The van der Waals surface area contributed by atoms with Gasteiger partial charge in [-0.1, -0.05) is 11.6 Å². The summed E-state index contributed by atoms with van der Waals surface area (Å²) in [6.45, 7) is 3.13. The van der Waals surface area contributed by atoms with Crippen LogP contribution in [0.1, 0.15) is 23.2 Å². The van der Waals surface area contributed by atoms with Crippen molar-refractivity contribution in [3.63, 3.8) is 0 Å². The Morgan fingerprint density at radius 1 is 1.38 bits per heavy atom. The molecule has 2 saturated heterocycles. The molecule has 2 aliphatic rings. The first kappa shape index (κ1) is 17.0. The lowest BCUT2D eigenvalue weighted by Gasteiger charge is -2.41. The number of amides is 2. The van der Waals surface area contributed by atoms with E-state index in [1.165, 1.54) is 0 Å². The van der Waals surface area contributed by atoms with Crippen molar-refractivity contribution < 1.29 is 14.3 Å². The topological polar surface area (TPSA) is 61.9 Å². The fourth-order valence-corrected chi connectivity index (χ4v) is 3.59. The van der Waals surface area contributed by atoms with Gasteiger partial charge in [-0.25, -0.2) is 0 Å². The van der Waals surface area contributed by atoms with Crippen LogP contribution in [0.15, 0.2) is 18.2 Å². The standard InChI is InChI=1S/C17H22ClN3O3/c1-24-15-5-4-12(18)9-14(15)17(23)20-7-2-3-13(11-20)21-8-6-19-10-16(21)22/h4-5,9,13,19H,2-3,6-8,10-11H2,1H3. The zero-order valence-corrected chi connectivity index (χ0v) is 14.5. The molecule has 130 valence electrons. The Morgan fingerprint density at radius 3 is 2.96 bits per heavy atom. The molecule has 0 aliphatic carbocycles. The van der Waals surface area contributed by atoms with E-state index in [1.54, 1.807) is 30.2 Å². The fourth-order valence-electron chi connectivity index (χ4n) is 3.42. The van der Waals surface area contributed by atoms with Gasteiger partial charge in [0, 0.05) is 37.2 Å². The van der Waals surface area contributed by atoms with Crippen molar-refractivity contribution in [2.24, 2.45) is 0 Å². The molecule has 2 heterocycles. The largest absolute Gasteiger partial charge is 0.496 e. The molecule has 1 unspecified atom stereocenters. The Hall–Kier alpha value is -1.79. The molecule has 1 atom stereocenters. The van der Waals surface area contributed by atoms with Gasteiger partial charge in [-0.3, -0.25) is 9.59 Å². The predicted octanol–water partition coefficient (Wildman–Crippen LogP) is 1.38. The van der Waals surface area contributed by atoms with Gasteiger partial charge in [-0.05, 0) is 31.0 Å². The van der Waals surface area contributed by atoms with E-state index >= 15 is 0 Å². The highest BCUT2D eigenvalue weighted by atomic mass is 35.5. The first-order chi connectivity index (χ1) is 11.6. The molecule has 6 nitrogen and oxygen atoms in total. The number of rotatable bonds is 3. The van der Waals surface area contributed by atoms with Crippen LogP contribution in [0.25, 0.3) is 0 Å². The number of ether oxygens (including phenoxy) is 1. The van der Waals surface area contributed by atoms with E-state index in [-0.39, 0.29) is 17.9 Å². The van der Waals surface area contributed by atoms with Crippen molar-refractivity contribution in [1.82, 2.24) is 15.1 Å². The monoisotopic (exact) mass is 351 g/mol. The molecule has 0 bridgehead atoms. The number of halogens is 1. The molecule has 24 heavy (non-hydrogen) atoms. The summed E-state index contributed by atoms with van der Waals surface area (Å²) >= 11 is 6.04. The molecular formula is C17H22ClN3O3. The summed E-state index contributed by atoms with van der Waals surface area (Å²) < 4.78 is 5.29. The number of hydrogen-bond acceptors (Lipinski definition) is 4.